The molecular formula is C8H9BrF3NS. The molecule has 14 heavy (non-hydrogen) atoms. The van der Waals surface area contributed by atoms with E-state index in [0.29, 0.717) is 4.88 Å². The Labute approximate surface area is 92.2 Å². The van der Waals surface area contributed by atoms with Crippen molar-refractivity contribution >= 4 is 27.3 Å². The highest BCUT2D eigenvalue weighted by Crippen LogP contribution is 2.35. The lowest BCUT2D eigenvalue weighted by Crippen LogP contribution is -2.19. The van der Waals surface area contributed by atoms with Gasteiger partial charge < -0.3 is 5.73 Å². The van der Waals surface area contributed by atoms with Gasteiger partial charge in [0.25, 0.3) is 0 Å². The van der Waals surface area contributed by atoms with Gasteiger partial charge in [-0.15, -0.1) is 11.3 Å². The van der Waals surface area contributed by atoms with Gasteiger partial charge in [-0.2, -0.15) is 13.2 Å². The average molecular weight is 288 g/mol. The molecule has 0 saturated heterocycles. The van der Waals surface area contributed by atoms with Crippen LogP contribution < -0.4 is 5.73 Å². The van der Waals surface area contributed by atoms with E-state index in [1.54, 1.807) is 6.07 Å². The van der Waals surface area contributed by atoms with Crippen molar-refractivity contribution in [3.63, 3.8) is 0 Å². The van der Waals surface area contributed by atoms with Crippen LogP contribution in [-0.4, -0.2) is 6.18 Å². The number of rotatable bonds is 2. The summed E-state index contributed by atoms with van der Waals surface area (Å²) in [7, 11) is 0. The third-order valence-electron chi connectivity index (χ3n) is 1.69. The van der Waals surface area contributed by atoms with E-state index in [2.05, 4.69) is 15.9 Å². The average Bonchev–Trinajstić information content (AvgIpc) is 2.28. The maximum atomic E-state index is 12.0. The van der Waals surface area contributed by atoms with Crippen molar-refractivity contribution in [1.29, 1.82) is 0 Å². The van der Waals surface area contributed by atoms with Gasteiger partial charge in [0, 0.05) is 10.9 Å². The molecule has 1 nitrogen and oxygen atoms in total. The fraction of sp³-hybridized carbons (Fsp3) is 0.500. The molecule has 1 aromatic rings. The van der Waals surface area contributed by atoms with Crippen molar-refractivity contribution < 1.29 is 13.2 Å². The SMILES string of the molecule is Cc1cc(C(N)CC(F)(F)F)sc1Br. The van der Waals surface area contributed by atoms with E-state index >= 15 is 0 Å². The molecule has 0 aliphatic carbocycles. The fourth-order valence-electron chi connectivity index (χ4n) is 1.02. The van der Waals surface area contributed by atoms with Crippen molar-refractivity contribution in [1.82, 2.24) is 0 Å². The Morgan fingerprint density at radius 3 is 2.50 bits per heavy atom. The second-order valence-corrected chi connectivity index (χ2v) is 5.43. The summed E-state index contributed by atoms with van der Waals surface area (Å²) < 4.78 is 36.9. The molecule has 1 rings (SSSR count). The van der Waals surface area contributed by atoms with Crippen LogP contribution in [-0.2, 0) is 0 Å². The van der Waals surface area contributed by atoms with E-state index < -0.39 is 18.6 Å². The molecule has 1 atom stereocenters. The molecule has 1 heterocycles. The van der Waals surface area contributed by atoms with E-state index in [9.17, 15) is 13.2 Å². The molecule has 0 aliphatic rings. The summed E-state index contributed by atoms with van der Waals surface area (Å²) in [5.74, 6) is 0. The van der Waals surface area contributed by atoms with E-state index in [1.165, 1.54) is 11.3 Å². The van der Waals surface area contributed by atoms with Crippen molar-refractivity contribution in [3.05, 3.63) is 20.3 Å². The summed E-state index contributed by atoms with van der Waals surface area (Å²) in [5, 5.41) is 0. The van der Waals surface area contributed by atoms with E-state index in [0.717, 1.165) is 9.35 Å². The van der Waals surface area contributed by atoms with Gasteiger partial charge >= 0.3 is 6.18 Å². The highest BCUT2D eigenvalue weighted by molar-refractivity contribution is 9.11. The molecule has 0 aliphatic heterocycles. The van der Waals surface area contributed by atoms with Crippen LogP contribution in [0.3, 0.4) is 0 Å². The van der Waals surface area contributed by atoms with Crippen molar-refractivity contribution in [2.24, 2.45) is 5.73 Å². The van der Waals surface area contributed by atoms with Crippen LogP contribution in [0.1, 0.15) is 22.9 Å². The summed E-state index contributed by atoms with van der Waals surface area (Å²) in [6.07, 6.45) is -5.18. The van der Waals surface area contributed by atoms with Crippen molar-refractivity contribution in [3.8, 4) is 0 Å². The fourth-order valence-corrected chi connectivity index (χ4v) is 2.59. The highest BCUT2D eigenvalue weighted by Gasteiger charge is 2.31. The summed E-state index contributed by atoms with van der Waals surface area (Å²) in [6, 6.07) is 0.732. The van der Waals surface area contributed by atoms with Crippen LogP contribution in [0.15, 0.2) is 9.85 Å². The maximum absolute atomic E-state index is 12.0. The van der Waals surface area contributed by atoms with Gasteiger partial charge in [-0.05, 0) is 34.5 Å². The van der Waals surface area contributed by atoms with Crippen LogP contribution in [0.25, 0.3) is 0 Å². The largest absolute Gasteiger partial charge is 0.390 e. The van der Waals surface area contributed by atoms with Gasteiger partial charge in [-0.25, -0.2) is 0 Å². The van der Waals surface area contributed by atoms with Crippen LogP contribution in [0.4, 0.5) is 13.2 Å². The lowest BCUT2D eigenvalue weighted by atomic mass is 10.1. The lowest BCUT2D eigenvalue weighted by molar-refractivity contribution is -0.138. The molecule has 0 spiro atoms. The van der Waals surface area contributed by atoms with Crippen molar-refractivity contribution in [2.75, 3.05) is 0 Å². The number of nitrogens with two attached hydrogens (primary N) is 1. The van der Waals surface area contributed by atoms with Gasteiger partial charge in [0.2, 0.25) is 0 Å². The standard InChI is InChI=1S/C8H9BrF3NS/c1-4-2-6(14-7(4)9)5(13)3-8(10,11)12/h2,5H,3,13H2,1H3. The molecule has 0 fully saturated rings. The number of hydrogen-bond donors (Lipinski definition) is 1. The van der Waals surface area contributed by atoms with Gasteiger partial charge in [-0.1, -0.05) is 0 Å². The maximum Gasteiger partial charge on any atom is 0.390 e. The quantitative estimate of drug-likeness (QED) is 0.880. The smallest absolute Gasteiger partial charge is 0.323 e. The summed E-state index contributed by atoms with van der Waals surface area (Å²) in [6.45, 7) is 1.82. The number of alkyl halides is 3. The number of aryl methyl sites for hydroxylation is 1. The molecule has 2 N–H and O–H groups in total. The number of halogens is 4. The summed E-state index contributed by atoms with van der Waals surface area (Å²) in [5.41, 5.74) is 6.35. The van der Waals surface area contributed by atoms with E-state index in [-0.39, 0.29) is 0 Å². The molecule has 0 bridgehead atoms. The topological polar surface area (TPSA) is 26.0 Å². The molecule has 0 amide bonds. The van der Waals surface area contributed by atoms with Crippen LogP contribution >= 0.6 is 27.3 Å². The number of thiophene rings is 1. The second-order valence-electron chi connectivity index (χ2n) is 3.03. The molecule has 6 heteroatoms. The molecule has 0 aromatic carbocycles. The normalized spacial score (nSPS) is 14.4. The third-order valence-corrected chi connectivity index (χ3v) is 3.96. The lowest BCUT2D eigenvalue weighted by Gasteiger charge is -2.11. The second kappa shape index (κ2) is 4.20. The molecule has 80 valence electrons. The Hall–Kier alpha value is -0.0700. The van der Waals surface area contributed by atoms with E-state index in [4.69, 9.17) is 5.73 Å². The molecule has 0 radical (unpaired) electrons. The summed E-state index contributed by atoms with van der Waals surface area (Å²) in [4.78, 5) is 0.562. The Kier molecular flexibility index (Phi) is 3.60. The monoisotopic (exact) mass is 287 g/mol. The zero-order valence-electron chi connectivity index (χ0n) is 7.36. The zero-order chi connectivity index (χ0) is 10.9. The van der Waals surface area contributed by atoms with Crippen LogP contribution in [0.5, 0.6) is 0 Å². The summed E-state index contributed by atoms with van der Waals surface area (Å²) >= 11 is 4.50. The Morgan fingerprint density at radius 1 is 1.57 bits per heavy atom. The highest BCUT2D eigenvalue weighted by atomic mass is 79.9. The Bertz CT molecular complexity index is 301. The molecule has 1 unspecified atom stereocenters. The molecular weight excluding hydrogens is 279 g/mol. The Balaban J connectivity index is 2.75. The van der Waals surface area contributed by atoms with Gasteiger partial charge in [0.1, 0.15) is 0 Å². The van der Waals surface area contributed by atoms with E-state index in [1.807, 2.05) is 6.92 Å². The number of hydrogen-bond acceptors (Lipinski definition) is 2. The minimum atomic E-state index is -4.20. The van der Waals surface area contributed by atoms with Crippen LogP contribution in [0, 0.1) is 6.92 Å². The molecule has 1 aromatic heterocycles. The van der Waals surface area contributed by atoms with Crippen LogP contribution in [0.2, 0.25) is 0 Å². The minimum absolute atomic E-state index is 0.562. The first kappa shape index (κ1) is 12.0. The third kappa shape index (κ3) is 3.25. The van der Waals surface area contributed by atoms with Gasteiger partial charge in [-0.3, -0.25) is 0 Å². The predicted octanol–water partition coefficient (Wildman–Crippen LogP) is 3.77. The Morgan fingerprint density at radius 2 is 2.14 bits per heavy atom. The predicted molar refractivity (Wildman–Crippen MR) is 54.4 cm³/mol. The first-order valence-electron chi connectivity index (χ1n) is 3.88. The zero-order valence-corrected chi connectivity index (χ0v) is 9.76. The molecule has 0 saturated carbocycles. The van der Waals surface area contributed by atoms with Gasteiger partial charge in [0.05, 0.1) is 10.2 Å². The minimum Gasteiger partial charge on any atom is -0.323 e. The van der Waals surface area contributed by atoms with Crippen molar-refractivity contribution in [2.45, 2.75) is 25.6 Å². The first-order valence-corrected chi connectivity index (χ1v) is 5.48. The first-order chi connectivity index (χ1) is 6.29. The van der Waals surface area contributed by atoms with Gasteiger partial charge in [0.15, 0.2) is 0 Å².